The fraction of sp³-hybridized carbons (Fsp3) is 0.579. The normalized spacial score (nSPS) is 17.1. The molecule has 25 heavy (non-hydrogen) atoms. The molecule has 0 radical (unpaired) electrons. The highest BCUT2D eigenvalue weighted by atomic mass is 16.6. The van der Waals surface area contributed by atoms with Gasteiger partial charge in [-0.2, -0.15) is 0 Å². The molecule has 0 unspecified atom stereocenters. The van der Waals surface area contributed by atoms with Gasteiger partial charge in [0.1, 0.15) is 16.9 Å². The van der Waals surface area contributed by atoms with E-state index in [1.54, 1.807) is 11.1 Å². The Morgan fingerprint density at radius 1 is 1.16 bits per heavy atom. The molecule has 0 aliphatic carbocycles. The molecule has 136 valence electrons. The molecule has 6 nitrogen and oxygen atoms in total. The monoisotopic (exact) mass is 345 g/mol. The second-order valence-electron chi connectivity index (χ2n) is 8.04. The predicted octanol–water partition coefficient (Wildman–Crippen LogP) is 3.62. The molecule has 0 spiro atoms. The largest absolute Gasteiger partial charge is 0.459 e. The van der Waals surface area contributed by atoms with Gasteiger partial charge in [0.05, 0.1) is 5.54 Å². The van der Waals surface area contributed by atoms with E-state index < -0.39 is 5.60 Å². The van der Waals surface area contributed by atoms with E-state index in [-0.39, 0.29) is 11.6 Å². The molecule has 1 aliphatic rings. The van der Waals surface area contributed by atoms with Crippen LogP contribution in [0.5, 0.6) is 0 Å². The molecule has 6 heteroatoms. The Kier molecular flexibility index (Phi) is 4.49. The van der Waals surface area contributed by atoms with Crippen molar-refractivity contribution in [2.45, 2.75) is 45.8 Å². The lowest BCUT2D eigenvalue weighted by atomic mass is 9.98. The number of piperazine rings is 1. The van der Waals surface area contributed by atoms with Gasteiger partial charge >= 0.3 is 6.09 Å². The maximum Gasteiger partial charge on any atom is 0.410 e. The van der Waals surface area contributed by atoms with Gasteiger partial charge in [-0.3, -0.25) is 9.88 Å². The maximum absolute atomic E-state index is 12.2. The summed E-state index contributed by atoms with van der Waals surface area (Å²) in [6.45, 7) is 12.8. The number of aromatic nitrogens is 1. The lowest BCUT2D eigenvalue weighted by molar-refractivity contribution is -0.00169. The first kappa shape index (κ1) is 17.7. The Labute approximate surface area is 148 Å². The maximum atomic E-state index is 12.2. The van der Waals surface area contributed by atoms with E-state index in [0.717, 1.165) is 29.8 Å². The lowest BCUT2D eigenvalue weighted by Crippen LogP contribution is -2.55. The molecule has 2 aromatic heterocycles. The Morgan fingerprint density at radius 2 is 1.84 bits per heavy atom. The van der Waals surface area contributed by atoms with Crippen LogP contribution in [0.4, 0.5) is 4.79 Å². The summed E-state index contributed by atoms with van der Waals surface area (Å²) in [6, 6.07) is 3.94. The van der Waals surface area contributed by atoms with Gasteiger partial charge in [-0.05, 0) is 46.8 Å². The average Bonchev–Trinajstić information content (AvgIpc) is 2.98. The fourth-order valence-electron chi connectivity index (χ4n) is 3.12. The predicted molar refractivity (Wildman–Crippen MR) is 96.4 cm³/mol. The lowest BCUT2D eigenvalue weighted by Gasteiger charge is -2.43. The van der Waals surface area contributed by atoms with Gasteiger partial charge < -0.3 is 14.1 Å². The van der Waals surface area contributed by atoms with Crippen LogP contribution in [-0.4, -0.2) is 52.7 Å². The third kappa shape index (κ3) is 3.79. The Morgan fingerprint density at radius 3 is 2.44 bits per heavy atom. The second kappa shape index (κ2) is 6.33. The number of hydrogen-bond donors (Lipinski definition) is 0. The number of fused-ring (bicyclic) bond motifs is 1. The van der Waals surface area contributed by atoms with E-state index in [4.69, 9.17) is 9.15 Å². The van der Waals surface area contributed by atoms with Crippen molar-refractivity contribution in [2.75, 3.05) is 26.2 Å². The minimum atomic E-state index is -0.463. The van der Waals surface area contributed by atoms with Gasteiger partial charge in [0.2, 0.25) is 0 Å². The second-order valence-corrected chi connectivity index (χ2v) is 8.04. The molecule has 3 rings (SSSR count). The van der Waals surface area contributed by atoms with Crippen molar-refractivity contribution in [3.8, 4) is 0 Å². The van der Waals surface area contributed by atoms with E-state index in [1.165, 1.54) is 0 Å². The van der Waals surface area contributed by atoms with Crippen molar-refractivity contribution < 1.29 is 13.9 Å². The van der Waals surface area contributed by atoms with Gasteiger partial charge in [0.15, 0.2) is 0 Å². The average molecular weight is 345 g/mol. The van der Waals surface area contributed by atoms with Crippen molar-refractivity contribution in [3.63, 3.8) is 0 Å². The zero-order valence-electron chi connectivity index (χ0n) is 15.7. The third-order valence-electron chi connectivity index (χ3n) is 4.64. The number of nitrogens with zero attached hydrogens (tertiary/aromatic N) is 3. The summed E-state index contributed by atoms with van der Waals surface area (Å²) < 4.78 is 11.5. The number of ether oxygens (including phenoxy) is 1. The molecule has 0 saturated carbocycles. The first-order valence-corrected chi connectivity index (χ1v) is 8.74. The van der Waals surface area contributed by atoms with Crippen LogP contribution < -0.4 is 0 Å². The summed E-state index contributed by atoms with van der Waals surface area (Å²) in [4.78, 5) is 20.5. The van der Waals surface area contributed by atoms with Crippen molar-refractivity contribution in [3.05, 3.63) is 30.3 Å². The molecule has 0 aromatic carbocycles. The van der Waals surface area contributed by atoms with E-state index in [2.05, 4.69) is 29.8 Å². The molecule has 1 saturated heterocycles. The molecule has 1 amide bonds. The van der Waals surface area contributed by atoms with Crippen molar-refractivity contribution in [2.24, 2.45) is 0 Å². The highest BCUT2D eigenvalue weighted by Gasteiger charge is 2.36. The van der Waals surface area contributed by atoms with E-state index in [1.807, 2.05) is 33.0 Å². The van der Waals surface area contributed by atoms with Crippen LogP contribution in [0.2, 0.25) is 0 Å². The molecular formula is C19H27N3O3. The SMILES string of the molecule is CC(C)(C)OC(=O)N1CCN(C(C)(C)c2cc3cnccc3o2)CC1. The minimum absolute atomic E-state index is 0.236. The Balaban J connectivity index is 1.68. The molecular weight excluding hydrogens is 318 g/mol. The van der Waals surface area contributed by atoms with Crippen LogP contribution in [0.15, 0.2) is 28.9 Å². The van der Waals surface area contributed by atoms with Gasteiger partial charge in [0.25, 0.3) is 0 Å². The highest BCUT2D eigenvalue weighted by molar-refractivity contribution is 5.76. The van der Waals surface area contributed by atoms with Crippen molar-refractivity contribution in [1.82, 2.24) is 14.8 Å². The Hall–Kier alpha value is -2.08. The zero-order valence-corrected chi connectivity index (χ0v) is 15.7. The number of hydrogen-bond acceptors (Lipinski definition) is 5. The third-order valence-corrected chi connectivity index (χ3v) is 4.64. The van der Waals surface area contributed by atoms with Gasteiger partial charge in [-0.1, -0.05) is 0 Å². The minimum Gasteiger partial charge on any atom is -0.459 e. The molecule has 1 aliphatic heterocycles. The summed E-state index contributed by atoms with van der Waals surface area (Å²) in [5, 5.41) is 1.01. The topological polar surface area (TPSA) is 58.8 Å². The van der Waals surface area contributed by atoms with Crippen LogP contribution in [0.25, 0.3) is 11.0 Å². The summed E-state index contributed by atoms with van der Waals surface area (Å²) in [5.41, 5.74) is 0.139. The molecule has 0 atom stereocenters. The summed E-state index contributed by atoms with van der Waals surface area (Å²) in [5.74, 6) is 0.918. The first-order chi connectivity index (χ1) is 11.7. The summed E-state index contributed by atoms with van der Waals surface area (Å²) >= 11 is 0. The molecule has 1 fully saturated rings. The molecule has 3 heterocycles. The number of pyridine rings is 1. The molecule has 2 aromatic rings. The summed E-state index contributed by atoms with van der Waals surface area (Å²) in [6.07, 6.45) is 3.32. The number of furan rings is 1. The van der Waals surface area contributed by atoms with Crippen LogP contribution in [0, 0.1) is 0 Å². The number of rotatable bonds is 2. The van der Waals surface area contributed by atoms with Crippen LogP contribution in [0.1, 0.15) is 40.4 Å². The smallest absolute Gasteiger partial charge is 0.410 e. The standard InChI is InChI=1S/C19H27N3O3/c1-18(2,3)25-17(23)21-8-10-22(11-9-21)19(4,5)16-12-14-13-20-7-6-15(14)24-16/h6-7,12-13H,8-11H2,1-5H3. The quantitative estimate of drug-likeness (QED) is 0.832. The Bertz CT molecular complexity index is 720. The number of amides is 1. The fourth-order valence-corrected chi connectivity index (χ4v) is 3.12. The van der Waals surface area contributed by atoms with Crippen molar-refractivity contribution >= 4 is 17.1 Å². The first-order valence-electron chi connectivity index (χ1n) is 8.74. The number of carbonyl (C=O) groups excluding carboxylic acids is 1. The van der Waals surface area contributed by atoms with E-state index in [0.29, 0.717) is 13.1 Å². The van der Waals surface area contributed by atoms with Crippen LogP contribution in [-0.2, 0) is 10.3 Å². The molecule has 0 N–H and O–H groups in total. The van der Waals surface area contributed by atoms with E-state index >= 15 is 0 Å². The van der Waals surface area contributed by atoms with Gasteiger partial charge in [0, 0.05) is 44.0 Å². The van der Waals surface area contributed by atoms with Gasteiger partial charge in [-0.15, -0.1) is 0 Å². The zero-order chi connectivity index (χ0) is 18.2. The summed E-state index contributed by atoms with van der Waals surface area (Å²) in [7, 11) is 0. The van der Waals surface area contributed by atoms with E-state index in [9.17, 15) is 4.79 Å². The number of carbonyl (C=O) groups is 1. The van der Waals surface area contributed by atoms with Crippen LogP contribution >= 0.6 is 0 Å². The molecule has 0 bridgehead atoms. The van der Waals surface area contributed by atoms with Gasteiger partial charge in [-0.25, -0.2) is 4.79 Å². The van der Waals surface area contributed by atoms with Crippen LogP contribution in [0.3, 0.4) is 0 Å². The van der Waals surface area contributed by atoms with Crippen molar-refractivity contribution in [1.29, 1.82) is 0 Å². The highest BCUT2D eigenvalue weighted by Crippen LogP contribution is 2.33.